The predicted octanol–water partition coefficient (Wildman–Crippen LogP) is 2.55. The zero-order valence-corrected chi connectivity index (χ0v) is 7.31. The molecular formula is C9H17F2N. The van der Waals surface area contributed by atoms with Gasteiger partial charge < -0.3 is 5.73 Å². The number of rotatable bonds is 3. The largest absolute Gasteiger partial charge is 0.327 e. The quantitative estimate of drug-likeness (QED) is 0.704. The highest BCUT2D eigenvalue weighted by Gasteiger charge is 2.22. The summed E-state index contributed by atoms with van der Waals surface area (Å²) < 4.78 is 23.9. The third kappa shape index (κ3) is 3.05. The van der Waals surface area contributed by atoms with Gasteiger partial charge in [0.05, 0.1) is 0 Å². The van der Waals surface area contributed by atoms with Gasteiger partial charge in [-0.15, -0.1) is 0 Å². The van der Waals surface area contributed by atoms with E-state index < -0.39 is 6.43 Å². The Bertz CT molecular complexity index is 122. The molecule has 1 unspecified atom stereocenters. The van der Waals surface area contributed by atoms with Gasteiger partial charge in [0.25, 0.3) is 0 Å². The molecule has 0 aromatic rings. The minimum absolute atomic E-state index is 0.120. The lowest BCUT2D eigenvalue weighted by molar-refractivity contribution is 0.112. The molecule has 12 heavy (non-hydrogen) atoms. The summed E-state index contributed by atoms with van der Waals surface area (Å²) in [5.41, 5.74) is 5.67. The zero-order chi connectivity index (χ0) is 8.97. The summed E-state index contributed by atoms with van der Waals surface area (Å²) in [5, 5.41) is 0. The maximum Gasteiger partial charge on any atom is 0.240 e. The Morgan fingerprint density at radius 1 is 1.17 bits per heavy atom. The zero-order valence-electron chi connectivity index (χ0n) is 7.31. The molecular weight excluding hydrogens is 160 g/mol. The first-order valence-corrected chi connectivity index (χ1v) is 4.74. The van der Waals surface area contributed by atoms with Gasteiger partial charge in [-0.3, -0.25) is 0 Å². The van der Waals surface area contributed by atoms with Crippen LogP contribution < -0.4 is 5.73 Å². The molecule has 3 heteroatoms. The van der Waals surface area contributed by atoms with Crippen molar-refractivity contribution in [3.8, 4) is 0 Å². The van der Waals surface area contributed by atoms with Gasteiger partial charge in [0.2, 0.25) is 6.43 Å². The first kappa shape index (κ1) is 9.90. The van der Waals surface area contributed by atoms with Crippen molar-refractivity contribution in [3.63, 3.8) is 0 Å². The van der Waals surface area contributed by atoms with E-state index in [1.165, 1.54) is 19.3 Å². The van der Waals surface area contributed by atoms with Crippen molar-refractivity contribution in [3.05, 3.63) is 0 Å². The molecule has 2 N–H and O–H groups in total. The molecule has 1 aliphatic rings. The van der Waals surface area contributed by atoms with Crippen molar-refractivity contribution in [2.45, 2.75) is 51.0 Å². The van der Waals surface area contributed by atoms with E-state index in [1.807, 2.05) is 0 Å². The first-order valence-electron chi connectivity index (χ1n) is 4.74. The average Bonchev–Trinajstić information content (AvgIpc) is 2.05. The van der Waals surface area contributed by atoms with Gasteiger partial charge in [0.1, 0.15) is 0 Å². The smallest absolute Gasteiger partial charge is 0.240 e. The Balaban J connectivity index is 2.24. The first-order chi connectivity index (χ1) is 5.70. The van der Waals surface area contributed by atoms with Crippen LogP contribution in [0.2, 0.25) is 0 Å². The fourth-order valence-corrected chi connectivity index (χ4v) is 1.96. The molecule has 0 amide bonds. The lowest BCUT2D eigenvalue weighted by Crippen LogP contribution is -2.33. The molecule has 0 spiro atoms. The second kappa shape index (κ2) is 4.75. The summed E-state index contributed by atoms with van der Waals surface area (Å²) in [4.78, 5) is 0. The average molecular weight is 177 g/mol. The van der Waals surface area contributed by atoms with Gasteiger partial charge in [-0.05, 0) is 18.8 Å². The van der Waals surface area contributed by atoms with E-state index in [9.17, 15) is 8.78 Å². The van der Waals surface area contributed by atoms with Crippen LogP contribution in [-0.2, 0) is 0 Å². The van der Waals surface area contributed by atoms with Crippen LogP contribution in [0, 0.1) is 5.92 Å². The van der Waals surface area contributed by atoms with Crippen LogP contribution in [0.5, 0.6) is 0 Å². The highest BCUT2D eigenvalue weighted by molar-refractivity contribution is 4.76. The van der Waals surface area contributed by atoms with Crippen molar-refractivity contribution < 1.29 is 8.78 Å². The minimum Gasteiger partial charge on any atom is -0.327 e. The standard InChI is InChI=1S/C9H17F2N/c10-9(11)6-8(12)7-4-2-1-3-5-7/h7-9H,1-6,12H2. The SMILES string of the molecule is NC(CC(F)F)C1CCCCC1. The Morgan fingerprint density at radius 3 is 2.25 bits per heavy atom. The maximum atomic E-state index is 12.0. The fourth-order valence-electron chi connectivity index (χ4n) is 1.96. The van der Waals surface area contributed by atoms with Gasteiger partial charge in [0, 0.05) is 12.5 Å². The molecule has 0 aromatic heterocycles. The molecule has 0 radical (unpaired) electrons. The summed E-state index contributed by atoms with van der Waals surface area (Å²) in [6, 6.07) is -0.273. The number of hydrogen-bond donors (Lipinski definition) is 1. The van der Waals surface area contributed by atoms with E-state index >= 15 is 0 Å². The van der Waals surface area contributed by atoms with Gasteiger partial charge in [0.15, 0.2) is 0 Å². The summed E-state index contributed by atoms with van der Waals surface area (Å²) in [7, 11) is 0. The third-order valence-corrected chi connectivity index (χ3v) is 2.71. The number of nitrogens with two attached hydrogens (primary N) is 1. The van der Waals surface area contributed by atoms with Gasteiger partial charge in [-0.25, -0.2) is 8.78 Å². The van der Waals surface area contributed by atoms with Crippen molar-refractivity contribution >= 4 is 0 Å². The number of halogens is 2. The highest BCUT2D eigenvalue weighted by atomic mass is 19.3. The second-order valence-corrected chi connectivity index (χ2v) is 3.69. The van der Waals surface area contributed by atoms with E-state index in [2.05, 4.69) is 0 Å². The van der Waals surface area contributed by atoms with E-state index in [-0.39, 0.29) is 12.5 Å². The van der Waals surface area contributed by atoms with Crippen molar-refractivity contribution in [1.82, 2.24) is 0 Å². The maximum absolute atomic E-state index is 12.0. The molecule has 72 valence electrons. The Hall–Kier alpha value is -0.180. The molecule has 1 fully saturated rings. The Kier molecular flexibility index (Phi) is 3.92. The summed E-state index contributed by atoms with van der Waals surface area (Å²) in [5.74, 6) is 0.354. The molecule has 0 heterocycles. The fraction of sp³-hybridized carbons (Fsp3) is 1.00. The van der Waals surface area contributed by atoms with Gasteiger partial charge in [-0.2, -0.15) is 0 Å². The van der Waals surface area contributed by atoms with E-state index in [0.717, 1.165) is 12.8 Å². The van der Waals surface area contributed by atoms with Gasteiger partial charge in [-0.1, -0.05) is 19.3 Å². The van der Waals surface area contributed by atoms with Crippen LogP contribution in [0.3, 0.4) is 0 Å². The van der Waals surface area contributed by atoms with Crippen LogP contribution in [-0.4, -0.2) is 12.5 Å². The lowest BCUT2D eigenvalue weighted by atomic mass is 9.83. The molecule has 0 aliphatic heterocycles. The van der Waals surface area contributed by atoms with Crippen LogP contribution in [0.1, 0.15) is 38.5 Å². The number of hydrogen-bond acceptors (Lipinski definition) is 1. The molecule has 0 bridgehead atoms. The number of alkyl halides is 2. The van der Waals surface area contributed by atoms with E-state index in [0.29, 0.717) is 5.92 Å². The Morgan fingerprint density at radius 2 is 1.75 bits per heavy atom. The minimum atomic E-state index is -2.23. The van der Waals surface area contributed by atoms with E-state index in [4.69, 9.17) is 5.73 Å². The predicted molar refractivity (Wildman–Crippen MR) is 45.2 cm³/mol. The summed E-state index contributed by atoms with van der Waals surface area (Å²) in [6.07, 6.45) is 3.33. The third-order valence-electron chi connectivity index (χ3n) is 2.71. The van der Waals surface area contributed by atoms with Gasteiger partial charge >= 0.3 is 0 Å². The van der Waals surface area contributed by atoms with Crippen LogP contribution in [0.25, 0.3) is 0 Å². The summed E-state index contributed by atoms with van der Waals surface area (Å²) in [6.45, 7) is 0. The molecule has 1 nitrogen and oxygen atoms in total. The molecule has 0 saturated heterocycles. The van der Waals surface area contributed by atoms with Crippen LogP contribution in [0.15, 0.2) is 0 Å². The normalized spacial score (nSPS) is 23.0. The van der Waals surface area contributed by atoms with E-state index in [1.54, 1.807) is 0 Å². The summed E-state index contributed by atoms with van der Waals surface area (Å²) >= 11 is 0. The second-order valence-electron chi connectivity index (χ2n) is 3.69. The van der Waals surface area contributed by atoms with Crippen molar-refractivity contribution in [1.29, 1.82) is 0 Å². The monoisotopic (exact) mass is 177 g/mol. The molecule has 1 atom stereocenters. The molecule has 1 aliphatic carbocycles. The van der Waals surface area contributed by atoms with Crippen molar-refractivity contribution in [2.75, 3.05) is 0 Å². The lowest BCUT2D eigenvalue weighted by Gasteiger charge is -2.27. The molecule has 0 aromatic carbocycles. The van der Waals surface area contributed by atoms with Crippen molar-refractivity contribution in [2.24, 2.45) is 11.7 Å². The van der Waals surface area contributed by atoms with Crippen LogP contribution in [0.4, 0.5) is 8.78 Å². The van der Waals surface area contributed by atoms with Crippen LogP contribution >= 0.6 is 0 Å². The highest BCUT2D eigenvalue weighted by Crippen LogP contribution is 2.27. The molecule has 1 saturated carbocycles. The molecule has 1 rings (SSSR count). The Labute approximate surface area is 72.3 Å². The topological polar surface area (TPSA) is 26.0 Å².